The van der Waals surface area contributed by atoms with Gasteiger partial charge >= 0.3 is 12.1 Å². The third kappa shape index (κ3) is 9.54. The van der Waals surface area contributed by atoms with Crippen LogP contribution >= 0.6 is 0 Å². The summed E-state index contributed by atoms with van der Waals surface area (Å²) in [5, 5.41) is 0. The van der Waals surface area contributed by atoms with E-state index < -0.39 is 0 Å². The summed E-state index contributed by atoms with van der Waals surface area (Å²) in [6.45, 7) is 9.28. The average molecular weight is 577 g/mol. The molecule has 2 aromatic rings. The summed E-state index contributed by atoms with van der Waals surface area (Å²) in [6.07, 6.45) is 7.36. The van der Waals surface area contributed by atoms with Crippen molar-refractivity contribution in [3.63, 3.8) is 0 Å². The van der Waals surface area contributed by atoms with Gasteiger partial charge in [0, 0.05) is 51.9 Å². The summed E-state index contributed by atoms with van der Waals surface area (Å²) in [5.74, 6) is -0.151. The van der Waals surface area contributed by atoms with Crippen LogP contribution in [-0.2, 0) is 27.3 Å². The largest absolute Gasteiger partial charge is 0.461 e. The lowest BCUT2D eigenvalue weighted by Gasteiger charge is -2.36. The molecule has 0 bridgehead atoms. The Hall–Kier alpha value is -2.94. The second-order valence-electron chi connectivity index (χ2n) is 12.1. The molecule has 0 saturated carbocycles. The van der Waals surface area contributed by atoms with E-state index in [1.165, 1.54) is 31.4 Å². The van der Waals surface area contributed by atoms with Crippen LogP contribution in [0, 0.1) is 0 Å². The second-order valence-corrected chi connectivity index (χ2v) is 12.1. The normalized spacial score (nSPS) is 22.3. The van der Waals surface area contributed by atoms with Crippen molar-refractivity contribution in [2.45, 2.75) is 63.7 Å². The van der Waals surface area contributed by atoms with Crippen LogP contribution in [0.1, 0.15) is 49.7 Å². The molecule has 42 heavy (non-hydrogen) atoms. The SMILES string of the molecule is O=C(CCN1CCN(CC2CN(CCCCN3CCCCC3Cc3ccccc3)C(=O)O2)CC1)OCc1ccccc1. The molecule has 8 nitrogen and oxygen atoms in total. The number of ether oxygens (including phenoxy) is 2. The average Bonchev–Trinajstić information content (AvgIpc) is 3.37. The highest BCUT2D eigenvalue weighted by Crippen LogP contribution is 2.22. The van der Waals surface area contributed by atoms with Crippen molar-refractivity contribution in [1.29, 1.82) is 0 Å². The lowest BCUT2D eigenvalue weighted by atomic mass is 9.95. The molecule has 2 atom stereocenters. The van der Waals surface area contributed by atoms with E-state index in [1.807, 2.05) is 35.2 Å². The number of cyclic esters (lactones) is 1. The van der Waals surface area contributed by atoms with Gasteiger partial charge in [-0.1, -0.05) is 67.1 Å². The monoisotopic (exact) mass is 576 g/mol. The molecule has 2 unspecified atom stereocenters. The predicted molar refractivity (Wildman–Crippen MR) is 164 cm³/mol. The molecule has 3 heterocycles. The molecule has 5 rings (SSSR count). The first-order valence-electron chi connectivity index (χ1n) is 16.0. The standard InChI is InChI=1S/C34H48N4O4/c39-33(41-28-30-13-5-2-6-14-30)16-20-35-21-23-36(24-22-35)26-32-27-38(34(40)42-32)19-10-9-18-37-17-8-7-15-31(37)25-29-11-3-1-4-12-29/h1-6,11-14,31-32H,7-10,15-28H2. The van der Waals surface area contributed by atoms with Gasteiger partial charge < -0.3 is 24.2 Å². The van der Waals surface area contributed by atoms with Crippen molar-refractivity contribution < 1.29 is 19.1 Å². The van der Waals surface area contributed by atoms with E-state index in [1.54, 1.807) is 0 Å². The maximum atomic E-state index is 12.5. The van der Waals surface area contributed by atoms with Crippen LogP contribution in [0.4, 0.5) is 4.79 Å². The summed E-state index contributed by atoms with van der Waals surface area (Å²) < 4.78 is 11.1. The number of hydrogen-bond donors (Lipinski definition) is 0. The number of hydrogen-bond acceptors (Lipinski definition) is 7. The summed E-state index contributed by atoms with van der Waals surface area (Å²) in [7, 11) is 0. The fraction of sp³-hybridized carbons (Fsp3) is 0.588. The molecule has 0 radical (unpaired) electrons. The van der Waals surface area contributed by atoms with Crippen molar-refractivity contribution in [1.82, 2.24) is 19.6 Å². The number of benzene rings is 2. The summed E-state index contributed by atoms with van der Waals surface area (Å²) in [4.78, 5) is 34.0. The molecule has 3 saturated heterocycles. The van der Waals surface area contributed by atoms with Gasteiger partial charge in [-0.15, -0.1) is 0 Å². The highest BCUT2D eigenvalue weighted by molar-refractivity contribution is 5.70. The van der Waals surface area contributed by atoms with Crippen molar-refractivity contribution in [3.05, 3.63) is 71.8 Å². The van der Waals surface area contributed by atoms with Crippen molar-refractivity contribution in [2.24, 2.45) is 0 Å². The van der Waals surface area contributed by atoms with E-state index in [4.69, 9.17) is 9.47 Å². The van der Waals surface area contributed by atoms with Crippen molar-refractivity contribution in [3.8, 4) is 0 Å². The maximum absolute atomic E-state index is 12.5. The van der Waals surface area contributed by atoms with Crippen LogP contribution in [0.15, 0.2) is 60.7 Å². The molecule has 3 fully saturated rings. The van der Waals surface area contributed by atoms with Crippen LogP contribution in [0.2, 0.25) is 0 Å². The Morgan fingerprint density at radius 1 is 0.810 bits per heavy atom. The van der Waals surface area contributed by atoms with Crippen molar-refractivity contribution in [2.75, 3.05) is 65.4 Å². The Bertz CT molecular complexity index is 1090. The number of carbonyl (C=O) groups excluding carboxylic acids is 2. The minimum absolute atomic E-state index is 0.0608. The van der Waals surface area contributed by atoms with E-state index in [9.17, 15) is 9.59 Å². The molecule has 2 aromatic carbocycles. The van der Waals surface area contributed by atoms with Gasteiger partial charge in [-0.25, -0.2) is 4.79 Å². The van der Waals surface area contributed by atoms with E-state index in [-0.39, 0.29) is 18.2 Å². The summed E-state index contributed by atoms with van der Waals surface area (Å²) in [6, 6.07) is 21.3. The molecule has 0 spiro atoms. The molecule has 0 N–H and O–H groups in total. The minimum atomic E-state index is -0.160. The molecular weight excluding hydrogens is 528 g/mol. The molecule has 0 aromatic heterocycles. The van der Waals surface area contributed by atoms with Crippen molar-refractivity contribution >= 4 is 12.1 Å². The lowest BCUT2D eigenvalue weighted by molar-refractivity contribution is -0.145. The third-order valence-corrected chi connectivity index (χ3v) is 8.94. The number of piperazine rings is 1. The number of unbranched alkanes of at least 4 members (excludes halogenated alkanes) is 1. The molecule has 3 aliphatic heterocycles. The molecule has 0 aliphatic carbocycles. The predicted octanol–water partition coefficient (Wildman–Crippen LogP) is 4.44. The Morgan fingerprint density at radius 3 is 2.26 bits per heavy atom. The van der Waals surface area contributed by atoms with Crippen LogP contribution in [0.5, 0.6) is 0 Å². The highest BCUT2D eigenvalue weighted by atomic mass is 16.6. The molecule has 1 amide bonds. The maximum Gasteiger partial charge on any atom is 0.410 e. The number of likely N-dealkylation sites (tertiary alicyclic amines) is 1. The van der Waals surface area contributed by atoms with E-state index in [0.29, 0.717) is 25.6 Å². The van der Waals surface area contributed by atoms with Gasteiger partial charge in [-0.2, -0.15) is 0 Å². The zero-order chi connectivity index (χ0) is 29.0. The first-order chi connectivity index (χ1) is 20.6. The minimum Gasteiger partial charge on any atom is -0.461 e. The van der Waals surface area contributed by atoms with Gasteiger partial charge in [0.25, 0.3) is 0 Å². The highest BCUT2D eigenvalue weighted by Gasteiger charge is 2.33. The fourth-order valence-corrected chi connectivity index (χ4v) is 6.48. The first kappa shape index (κ1) is 30.5. The molecular formula is C34H48N4O4. The Kier molecular flexibility index (Phi) is 11.7. The Balaban J connectivity index is 0.933. The Morgan fingerprint density at radius 2 is 1.50 bits per heavy atom. The summed E-state index contributed by atoms with van der Waals surface area (Å²) >= 11 is 0. The first-order valence-corrected chi connectivity index (χ1v) is 16.0. The van der Waals surface area contributed by atoms with E-state index in [2.05, 4.69) is 45.0 Å². The van der Waals surface area contributed by atoms with Gasteiger partial charge in [-0.05, 0) is 56.3 Å². The molecule has 228 valence electrons. The smallest absolute Gasteiger partial charge is 0.410 e. The fourth-order valence-electron chi connectivity index (χ4n) is 6.48. The number of esters is 1. The number of carbonyl (C=O) groups is 2. The van der Waals surface area contributed by atoms with Gasteiger partial charge in [0.15, 0.2) is 0 Å². The van der Waals surface area contributed by atoms with Gasteiger partial charge in [0.2, 0.25) is 0 Å². The van der Waals surface area contributed by atoms with Gasteiger partial charge in [0.1, 0.15) is 12.7 Å². The molecule has 8 heteroatoms. The Labute approximate surface area is 251 Å². The van der Waals surface area contributed by atoms with E-state index in [0.717, 1.165) is 77.2 Å². The van der Waals surface area contributed by atoms with Gasteiger partial charge in [0.05, 0.1) is 13.0 Å². The number of piperidine rings is 1. The lowest BCUT2D eigenvalue weighted by Crippen LogP contribution is -2.49. The second kappa shape index (κ2) is 16.1. The number of nitrogens with zero attached hydrogens (tertiary/aromatic N) is 4. The topological polar surface area (TPSA) is 65.6 Å². The summed E-state index contributed by atoms with van der Waals surface area (Å²) in [5.41, 5.74) is 2.44. The quantitative estimate of drug-likeness (QED) is 0.243. The van der Waals surface area contributed by atoms with Crippen LogP contribution in [0.25, 0.3) is 0 Å². The van der Waals surface area contributed by atoms with Gasteiger partial charge in [-0.3, -0.25) is 9.69 Å². The van der Waals surface area contributed by atoms with Crippen LogP contribution in [-0.4, -0.2) is 109 Å². The third-order valence-electron chi connectivity index (χ3n) is 8.94. The zero-order valence-electron chi connectivity index (χ0n) is 25.1. The van der Waals surface area contributed by atoms with E-state index >= 15 is 0 Å². The molecule has 3 aliphatic rings. The van der Waals surface area contributed by atoms with Crippen LogP contribution < -0.4 is 0 Å². The zero-order valence-corrected chi connectivity index (χ0v) is 25.1. The number of amides is 1. The van der Waals surface area contributed by atoms with Crippen LogP contribution in [0.3, 0.4) is 0 Å². The number of rotatable bonds is 14.